The summed E-state index contributed by atoms with van der Waals surface area (Å²) < 4.78 is 5.14. The van der Waals surface area contributed by atoms with Crippen LogP contribution in [0, 0.1) is 0 Å². The number of aromatic nitrogens is 2. The Bertz CT molecular complexity index is 476. The van der Waals surface area contributed by atoms with Gasteiger partial charge in [-0.25, -0.2) is 4.98 Å². The van der Waals surface area contributed by atoms with Crippen molar-refractivity contribution in [3.05, 3.63) is 24.0 Å². The first-order valence-corrected chi connectivity index (χ1v) is 5.35. The van der Waals surface area contributed by atoms with Gasteiger partial charge in [-0.15, -0.1) is 0 Å². The van der Waals surface area contributed by atoms with E-state index in [1.54, 1.807) is 7.11 Å². The van der Waals surface area contributed by atoms with Gasteiger partial charge in [-0.05, 0) is 26.1 Å². The Morgan fingerprint density at radius 2 is 2.25 bits per heavy atom. The third kappa shape index (κ3) is 2.17. The molecule has 0 amide bonds. The van der Waals surface area contributed by atoms with Crippen molar-refractivity contribution in [1.82, 2.24) is 14.9 Å². The number of nitrogens with one attached hydrogen (secondary N) is 1. The van der Waals surface area contributed by atoms with Gasteiger partial charge in [0, 0.05) is 24.2 Å². The number of rotatable bonds is 4. The summed E-state index contributed by atoms with van der Waals surface area (Å²) in [7, 11) is 5.80. The van der Waals surface area contributed by atoms with Crippen LogP contribution in [0.1, 0.15) is 5.56 Å². The second kappa shape index (κ2) is 4.53. The molecular formula is C12H17N3O. The van der Waals surface area contributed by atoms with Crippen molar-refractivity contribution in [3.63, 3.8) is 0 Å². The van der Waals surface area contributed by atoms with E-state index in [0.29, 0.717) is 5.88 Å². The predicted molar refractivity (Wildman–Crippen MR) is 64.9 cm³/mol. The number of hydrogen-bond donors (Lipinski definition) is 1. The van der Waals surface area contributed by atoms with Crippen molar-refractivity contribution < 1.29 is 4.74 Å². The van der Waals surface area contributed by atoms with Crippen molar-refractivity contribution in [2.75, 3.05) is 27.7 Å². The number of likely N-dealkylation sites (N-methyl/N-ethyl adjacent to an activating group) is 1. The minimum absolute atomic E-state index is 0.665. The monoisotopic (exact) mass is 219 g/mol. The van der Waals surface area contributed by atoms with E-state index >= 15 is 0 Å². The minimum atomic E-state index is 0.665. The van der Waals surface area contributed by atoms with Crippen LogP contribution in [0.2, 0.25) is 0 Å². The molecule has 4 nitrogen and oxygen atoms in total. The highest BCUT2D eigenvalue weighted by Crippen LogP contribution is 2.21. The quantitative estimate of drug-likeness (QED) is 0.850. The number of aromatic amines is 1. The van der Waals surface area contributed by atoms with Crippen molar-refractivity contribution in [2.45, 2.75) is 6.42 Å². The minimum Gasteiger partial charge on any atom is -0.481 e. The second-order valence-electron chi connectivity index (χ2n) is 4.14. The Kier molecular flexibility index (Phi) is 3.10. The summed E-state index contributed by atoms with van der Waals surface area (Å²) in [4.78, 5) is 9.57. The first kappa shape index (κ1) is 11.0. The number of pyridine rings is 1. The van der Waals surface area contributed by atoms with Crippen molar-refractivity contribution in [1.29, 1.82) is 0 Å². The van der Waals surface area contributed by atoms with Gasteiger partial charge in [-0.1, -0.05) is 0 Å². The predicted octanol–water partition coefficient (Wildman–Crippen LogP) is 1.68. The van der Waals surface area contributed by atoms with Crippen LogP contribution in [0.5, 0.6) is 5.88 Å². The van der Waals surface area contributed by atoms with Crippen molar-refractivity contribution in [2.24, 2.45) is 0 Å². The standard InChI is InChI=1S/C12H17N3O/c1-15(2)5-4-9-7-13-11-8-14-12(16-3)6-10(9)11/h6-8,13H,4-5H2,1-3H3. The number of nitrogens with zero attached hydrogens (tertiary/aromatic N) is 2. The lowest BCUT2D eigenvalue weighted by molar-refractivity contribution is 0.398. The average Bonchev–Trinajstić information content (AvgIpc) is 2.68. The molecule has 2 heterocycles. The molecule has 0 bridgehead atoms. The SMILES string of the molecule is COc1cc2c(CCN(C)C)c[nH]c2cn1. The van der Waals surface area contributed by atoms with Gasteiger partial charge >= 0.3 is 0 Å². The van der Waals surface area contributed by atoms with Gasteiger partial charge in [0.25, 0.3) is 0 Å². The molecule has 0 aliphatic heterocycles. The van der Waals surface area contributed by atoms with E-state index in [1.807, 2.05) is 12.3 Å². The Labute approximate surface area is 95.2 Å². The van der Waals surface area contributed by atoms with Crippen LogP contribution in [0.4, 0.5) is 0 Å². The Morgan fingerprint density at radius 3 is 2.94 bits per heavy atom. The van der Waals surface area contributed by atoms with E-state index in [2.05, 4.69) is 35.2 Å². The smallest absolute Gasteiger partial charge is 0.213 e. The summed E-state index contributed by atoms with van der Waals surface area (Å²) in [6.07, 6.45) is 4.89. The molecule has 0 radical (unpaired) electrons. The molecule has 86 valence electrons. The molecule has 0 aliphatic rings. The summed E-state index contributed by atoms with van der Waals surface area (Å²) in [6.45, 7) is 1.04. The maximum atomic E-state index is 5.14. The first-order valence-electron chi connectivity index (χ1n) is 5.35. The van der Waals surface area contributed by atoms with Gasteiger partial charge in [0.2, 0.25) is 5.88 Å². The molecule has 16 heavy (non-hydrogen) atoms. The lowest BCUT2D eigenvalue weighted by atomic mass is 10.1. The van der Waals surface area contributed by atoms with Crippen LogP contribution in [0.15, 0.2) is 18.5 Å². The third-order valence-corrected chi connectivity index (χ3v) is 2.66. The molecule has 0 saturated heterocycles. The van der Waals surface area contributed by atoms with Crippen LogP contribution in [0.3, 0.4) is 0 Å². The first-order chi connectivity index (χ1) is 7.70. The Hall–Kier alpha value is -1.55. The Morgan fingerprint density at radius 1 is 1.44 bits per heavy atom. The number of methoxy groups -OCH3 is 1. The molecule has 0 atom stereocenters. The molecule has 0 spiro atoms. The molecule has 0 unspecified atom stereocenters. The van der Waals surface area contributed by atoms with Gasteiger partial charge in [0.1, 0.15) is 0 Å². The molecule has 0 saturated carbocycles. The highest BCUT2D eigenvalue weighted by molar-refractivity contribution is 5.83. The summed E-state index contributed by atoms with van der Waals surface area (Å²) in [6, 6.07) is 1.98. The fourth-order valence-corrected chi connectivity index (χ4v) is 1.72. The molecule has 1 N–H and O–H groups in total. The largest absolute Gasteiger partial charge is 0.481 e. The molecule has 0 aliphatic carbocycles. The molecular weight excluding hydrogens is 202 g/mol. The molecule has 2 aromatic rings. The fourth-order valence-electron chi connectivity index (χ4n) is 1.72. The van der Waals surface area contributed by atoms with Crippen LogP contribution in [-0.4, -0.2) is 42.6 Å². The maximum absolute atomic E-state index is 5.14. The number of fused-ring (bicyclic) bond motifs is 1. The van der Waals surface area contributed by atoms with E-state index in [9.17, 15) is 0 Å². The fraction of sp³-hybridized carbons (Fsp3) is 0.417. The van der Waals surface area contributed by atoms with Gasteiger partial charge in [-0.2, -0.15) is 0 Å². The third-order valence-electron chi connectivity index (χ3n) is 2.66. The summed E-state index contributed by atoms with van der Waals surface area (Å²) in [5.74, 6) is 0.665. The van der Waals surface area contributed by atoms with Gasteiger partial charge in [-0.3, -0.25) is 0 Å². The molecule has 0 fully saturated rings. The summed E-state index contributed by atoms with van der Waals surface area (Å²) >= 11 is 0. The van der Waals surface area contributed by atoms with Crippen LogP contribution in [-0.2, 0) is 6.42 Å². The highest BCUT2D eigenvalue weighted by Gasteiger charge is 2.06. The zero-order chi connectivity index (χ0) is 11.5. The topological polar surface area (TPSA) is 41.1 Å². The maximum Gasteiger partial charge on any atom is 0.213 e. The van der Waals surface area contributed by atoms with E-state index in [1.165, 1.54) is 10.9 Å². The van der Waals surface area contributed by atoms with E-state index in [0.717, 1.165) is 18.5 Å². The molecule has 0 aromatic carbocycles. The van der Waals surface area contributed by atoms with Crippen LogP contribution >= 0.6 is 0 Å². The van der Waals surface area contributed by atoms with Crippen molar-refractivity contribution >= 4 is 10.9 Å². The number of hydrogen-bond acceptors (Lipinski definition) is 3. The van der Waals surface area contributed by atoms with Gasteiger partial charge in [0.05, 0.1) is 18.8 Å². The summed E-state index contributed by atoms with van der Waals surface area (Å²) in [5.41, 5.74) is 2.37. The van der Waals surface area contributed by atoms with E-state index in [4.69, 9.17) is 4.74 Å². The second-order valence-corrected chi connectivity index (χ2v) is 4.14. The number of H-pyrrole nitrogens is 1. The van der Waals surface area contributed by atoms with Crippen LogP contribution in [0.25, 0.3) is 10.9 Å². The van der Waals surface area contributed by atoms with Gasteiger partial charge < -0.3 is 14.6 Å². The Balaban J connectivity index is 2.30. The van der Waals surface area contributed by atoms with E-state index < -0.39 is 0 Å². The normalized spacial score (nSPS) is 11.2. The molecule has 4 heteroatoms. The van der Waals surface area contributed by atoms with Crippen LogP contribution < -0.4 is 4.74 Å². The van der Waals surface area contributed by atoms with Gasteiger partial charge in [0.15, 0.2) is 0 Å². The van der Waals surface area contributed by atoms with Crippen molar-refractivity contribution in [3.8, 4) is 5.88 Å². The lowest BCUT2D eigenvalue weighted by Gasteiger charge is -2.08. The molecule has 2 aromatic heterocycles. The molecule has 2 rings (SSSR count). The average molecular weight is 219 g/mol. The number of ether oxygens (including phenoxy) is 1. The lowest BCUT2D eigenvalue weighted by Crippen LogP contribution is -2.14. The highest BCUT2D eigenvalue weighted by atomic mass is 16.5. The summed E-state index contributed by atoms with van der Waals surface area (Å²) in [5, 5.41) is 1.20. The zero-order valence-electron chi connectivity index (χ0n) is 9.95. The van der Waals surface area contributed by atoms with E-state index in [-0.39, 0.29) is 0 Å². The zero-order valence-corrected chi connectivity index (χ0v) is 9.95.